The molecule has 3 aliphatic heterocycles. The molecule has 1 aromatic heterocycles. The lowest BCUT2D eigenvalue weighted by Crippen LogP contribution is -2.66. The molecule has 6 nitrogen and oxygen atoms in total. The normalized spacial score (nSPS) is 24.4. The van der Waals surface area contributed by atoms with E-state index in [4.69, 9.17) is 4.74 Å². The number of carbonyl (C=O) groups is 2. The molecule has 0 aliphatic carbocycles. The highest BCUT2D eigenvalue weighted by molar-refractivity contribution is 7.09. The molecule has 2 bridgehead atoms. The second kappa shape index (κ2) is 10.1. The van der Waals surface area contributed by atoms with E-state index in [-0.39, 0.29) is 17.9 Å². The van der Waals surface area contributed by atoms with Crippen LogP contribution in [0.4, 0.5) is 5.69 Å². The van der Waals surface area contributed by atoms with E-state index in [9.17, 15) is 9.59 Å². The first-order valence-electron chi connectivity index (χ1n) is 11.9. The Morgan fingerprint density at radius 3 is 2.44 bits per heavy atom. The van der Waals surface area contributed by atoms with E-state index in [0.29, 0.717) is 25.4 Å². The van der Waals surface area contributed by atoms with Crippen LogP contribution in [-0.2, 0) is 20.7 Å². The lowest BCUT2D eigenvalue weighted by molar-refractivity contribution is -0.939. The van der Waals surface area contributed by atoms with Gasteiger partial charge < -0.3 is 14.5 Å². The number of nitrogens with one attached hydrogen (secondary N) is 1. The number of rotatable bonds is 9. The highest BCUT2D eigenvalue weighted by Crippen LogP contribution is 2.36. The van der Waals surface area contributed by atoms with Crippen LogP contribution in [0, 0.1) is 5.92 Å². The molecular formula is C27H30N3O3S+. The molecule has 3 fully saturated rings. The zero-order valence-corrected chi connectivity index (χ0v) is 20.0. The molecule has 0 radical (unpaired) electrons. The molecular weight excluding hydrogens is 446 g/mol. The summed E-state index contributed by atoms with van der Waals surface area (Å²) in [6.07, 6.45) is 3.96. The topological polar surface area (TPSA) is 68.3 Å². The van der Waals surface area contributed by atoms with E-state index in [1.165, 1.54) is 11.3 Å². The van der Waals surface area contributed by atoms with E-state index >= 15 is 0 Å². The molecule has 4 heterocycles. The third kappa shape index (κ3) is 5.21. The molecule has 7 heteroatoms. The summed E-state index contributed by atoms with van der Waals surface area (Å²) in [4.78, 5) is 30.5. The fourth-order valence-electron chi connectivity index (χ4n) is 5.36. The number of aromatic nitrogens is 1. The van der Waals surface area contributed by atoms with Crippen LogP contribution in [0.1, 0.15) is 29.5 Å². The van der Waals surface area contributed by atoms with Crippen molar-refractivity contribution >= 4 is 28.8 Å². The van der Waals surface area contributed by atoms with E-state index < -0.39 is 6.04 Å². The number of piperidine rings is 3. The molecule has 3 saturated heterocycles. The van der Waals surface area contributed by atoms with Crippen molar-refractivity contribution < 1.29 is 18.8 Å². The van der Waals surface area contributed by atoms with Gasteiger partial charge >= 0.3 is 5.97 Å². The van der Waals surface area contributed by atoms with Crippen LogP contribution >= 0.6 is 11.3 Å². The highest BCUT2D eigenvalue weighted by atomic mass is 32.1. The van der Waals surface area contributed by atoms with Gasteiger partial charge in [0.25, 0.3) is 0 Å². The summed E-state index contributed by atoms with van der Waals surface area (Å²) >= 11 is 1.53. The third-order valence-electron chi connectivity index (χ3n) is 7.11. The summed E-state index contributed by atoms with van der Waals surface area (Å²) in [6.45, 7) is 3.16. The Bertz CT molecular complexity index is 1100. The van der Waals surface area contributed by atoms with Crippen molar-refractivity contribution in [1.29, 1.82) is 0 Å². The third-order valence-corrected chi connectivity index (χ3v) is 7.89. The van der Waals surface area contributed by atoms with Crippen LogP contribution < -0.4 is 5.32 Å². The Hall–Kier alpha value is -3.03. The molecule has 176 valence electrons. The van der Waals surface area contributed by atoms with Gasteiger partial charge in [0, 0.05) is 36.0 Å². The smallest absolute Gasteiger partial charge is 0.333 e. The monoisotopic (exact) mass is 476 g/mol. The predicted molar refractivity (Wildman–Crippen MR) is 132 cm³/mol. The average Bonchev–Trinajstić information content (AvgIpc) is 3.37. The van der Waals surface area contributed by atoms with Gasteiger partial charge in [-0.3, -0.25) is 4.79 Å². The van der Waals surface area contributed by atoms with Crippen molar-refractivity contribution in [2.45, 2.75) is 31.4 Å². The van der Waals surface area contributed by atoms with Crippen LogP contribution in [0.2, 0.25) is 0 Å². The quantitative estimate of drug-likeness (QED) is 0.369. The van der Waals surface area contributed by atoms with E-state index in [2.05, 4.69) is 10.3 Å². The Morgan fingerprint density at radius 1 is 1.06 bits per heavy atom. The first kappa shape index (κ1) is 22.7. The summed E-state index contributed by atoms with van der Waals surface area (Å²) in [6, 6.07) is 18.9. The fourth-order valence-corrected chi connectivity index (χ4v) is 6.00. The first-order valence-corrected chi connectivity index (χ1v) is 12.8. The van der Waals surface area contributed by atoms with Crippen LogP contribution in [0.15, 0.2) is 72.2 Å². The fraction of sp³-hybridized carbons (Fsp3) is 0.370. The maximum atomic E-state index is 13.5. The number of benzene rings is 2. The van der Waals surface area contributed by atoms with Crippen LogP contribution in [0.3, 0.4) is 0 Å². The van der Waals surface area contributed by atoms with Crippen molar-refractivity contribution in [3.63, 3.8) is 0 Å². The van der Waals surface area contributed by atoms with Gasteiger partial charge in [-0.05, 0) is 17.7 Å². The maximum absolute atomic E-state index is 13.5. The molecule has 2 atom stereocenters. The van der Waals surface area contributed by atoms with Crippen LogP contribution in [0.5, 0.6) is 0 Å². The van der Waals surface area contributed by atoms with Gasteiger partial charge in [0.1, 0.15) is 18.1 Å². The lowest BCUT2D eigenvalue weighted by Gasteiger charge is -2.51. The number of anilines is 1. The maximum Gasteiger partial charge on any atom is 0.333 e. The number of hydrogen-bond acceptors (Lipinski definition) is 6. The Balaban J connectivity index is 1.28. The standard InChI is InChI=1S/C27H30N3O3S/c31-23(17-25-28-13-16-34-25)18-30-14-11-20(12-15-30)24(19-30)33-27(32)26(21-7-3-1-4-8-21)29-22-9-5-2-6-10-22/h1-10,13,16,20,24,26,29H,11-12,14-15,17-19H2/q+1/t20?,24-,26?,30?/m0/s1. The molecule has 0 amide bonds. The molecule has 2 aromatic carbocycles. The number of ether oxygens (including phenoxy) is 1. The Morgan fingerprint density at radius 2 is 1.76 bits per heavy atom. The summed E-state index contributed by atoms with van der Waals surface area (Å²) < 4.78 is 6.91. The van der Waals surface area contributed by atoms with Crippen LogP contribution in [0.25, 0.3) is 0 Å². The largest absolute Gasteiger partial charge is 0.454 e. The molecule has 3 aromatic rings. The molecule has 0 saturated carbocycles. The summed E-state index contributed by atoms with van der Waals surface area (Å²) in [5, 5.41) is 6.13. The van der Waals surface area contributed by atoms with Gasteiger partial charge in [-0.25, -0.2) is 9.78 Å². The second-order valence-corrected chi connectivity index (χ2v) is 10.4. The Kier molecular flexibility index (Phi) is 6.74. The number of hydrogen-bond donors (Lipinski definition) is 1. The molecule has 34 heavy (non-hydrogen) atoms. The van der Waals surface area contributed by atoms with Crippen molar-refractivity contribution in [2.24, 2.45) is 5.92 Å². The number of thiazole rings is 1. The number of carbonyl (C=O) groups excluding carboxylic acids is 2. The summed E-state index contributed by atoms with van der Waals surface area (Å²) in [5.74, 6) is 0.320. The van der Waals surface area contributed by atoms with E-state index in [0.717, 1.165) is 46.7 Å². The van der Waals surface area contributed by atoms with Gasteiger partial charge in [-0.15, -0.1) is 11.3 Å². The molecule has 0 spiro atoms. The minimum atomic E-state index is -0.584. The molecule has 3 aliphatic rings. The zero-order chi connectivity index (χ0) is 23.4. The van der Waals surface area contributed by atoms with Gasteiger partial charge in [-0.1, -0.05) is 48.5 Å². The van der Waals surface area contributed by atoms with Crippen LogP contribution in [-0.4, -0.2) is 53.5 Å². The van der Waals surface area contributed by atoms with E-state index in [1.54, 1.807) is 6.20 Å². The summed E-state index contributed by atoms with van der Waals surface area (Å²) in [5.41, 5.74) is 1.75. The number of para-hydroxylation sites is 1. The first-order chi connectivity index (χ1) is 16.6. The predicted octanol–water partition coefficient (Wildman–Crippen LogP) is 4.26. The minimum Gasteiger partial charge on any atom is -0.454 e. The highest BCUT2D eigenvalue weighted by Gasteiger charge is 2.48. The minimum absolute atomic E-state index is 0.161. The number of Topliss-reactive ketones (excluding diaryl/α,β-unsaturated/α-hetero) is 1. The Labute approximate surface area is 204 Å². The lowest BCUT2D eigenvalue weighted by atomic mass is 9.83. The van der Waals surface area contributed by atoms with Crippen molar-refractivity contribution in [3.05, 3.63) is 82.8 Å². The zero-order valence-electron chi connectivity index (χ0n) is 19.1. The SMILES string of the molecule is O=C(Cc1nccs1)C[N+]12CCC(CC1)[C@@H](OC(=O)C(Nc1ccccc1)c1ccccc1)C2. The summed E-state index contributed by atoms with van der Waals surface area (Å²) in [7, 11) is 0. The second-order valence-electron chi connectivity index (χ2n) is 9.44. The van der Waals surface area contributed by atoms with Gasteiger partial charge in [0.2, 0.25) is 0 Å². The average molecular weight is 477 g/mol. The number of quaternary nitrogens is 1. The number of nitrogens with zero attached hydrogens (tertiary/aromatic N) is 2. The molecule has 1 unspecified atom stereocenters. The van der Waals surface area contributed by atoms with Gasteiger partial charge in [-0.2, -0.15) is 0 Å². The number of fused-ring (bicyclic) bond motifs is 3. The van der Waals surface area contributed by atoms with Crippen molar-refractivity contribution in [3.8, 4) is 0 Å². The number of esters is 1. The molecule has 1 N–H and O–H groups in total. The van der Waals surface area contributed by atoms with Gasteiger partial charge in [0.05, 0.1) is 19.5 Å². The van der Waals surface area contributed by atoms with Gasteiger partial charge in [0.15, 0.2) is 17.9 Å². The number of ketones is 1. The van der Waals surface area contributed by atoms with E-state index in [1.807, 2.05) is 66.0 Å². The molecule has 6 rings (SSSR count). The van der Waals surface area contributed by atoms with Crippen molar-refractivity contribution in [2.75, 3.05) is 31.5 Å². The van der Waals surface area contributed by atoms with Crippen molar-refractivity contribution in [1.82, 2.24) is 4.98 Å².